The van der Waals surface area contributed by atoms with Gasteiger partial charge in [0.25, 0.3) is 0 Å². The van der Waals surface area contributed by atoms with Crippen LogP contribution in [0.25, 0.3) is 0 Å². The lowest BCUT2D eigenvalue weighted by Crippen LogP contribution is -2.65. The molecule has 14 fully saturated rings. The molecule has 28 atom stereocenters. The number of aliphatic hydroxyl groups excluding tert-OH is 1. The molecule has 77 heavy (non-hydrogen) atoms. The van der Waals surface area contributed by atoms with E-state index in [2.05, 4.69) is 49.6 Å². The first kappa shape index (κ1) is 54.0. The molecule has 0 aromatic carbocycles. The van der Waals surface area contributed by atoms with Crippen LogP contribution in [0.15, 0.2) is 24.3 Å². The number of carbonyl (C=O) groups excluding carboxylic acids is 1. The van der Waals surface area contributed by atoms with Crippen LogP contribution in [0, 0.1) is 11.8 Å². The van der Waals surface area contributed by atoms with E-state index < -0.39 is 72.0 Å². The van der Waals surface area contributed by atoms with Crippen LogP contribution in [-0.4, -0.2) is 189 Å². The minimum atomic E-state index is -2.15. The van der Waals surface area contributed by atoms with Crippen LogP contribution in [0.3, 0.4) is 0 Å². The zero-order valence-corrected chi connectivity index (χ0v) is 46.8. The van der Waals surface area contributed by atoms with E-state index in [9.17, 15) is 20.1 Å². The summed E-state index contributed by atoms with van der Waals surface area (Å²) in [4.78, 5) is 14.4. The van der Waals surface area contributed by atoms with Gasteiger partial charge in [-0.15, -0.1) is 0 Å². The van der Waals surface area contributed by atoms with Crippen LogP contribution in [0.2, 0.25) is 0 Å². The molecule has 5 N–H and O–H groups in total. The number of nitrogens with two attached hydrogens (primary N) is 1. The maximum absolute atomic E-state index is 14.4. The maximum Gasteiger partial charge on any atom is 0.308 e. The molecule has 0 aromatic heterocycles. The van der Waals surface area contributed by atoms with Gasteiger partial charge in [-0.25, -0.2) is 0 Å². The fourth-order valence-electron chi connectivity index (χ4n) is 16.9. The summed E-state index contributed by atoms with van der Waals surface area (Å²) >= 11 is 2.29. The van der Waals surface area contributed by atoms with Crippen molar-refractivity contribution in [3.05, 3.63) is 24.3 Å². The number of carbonyl (C=O) groups is 1. The highest BCUT2D eigenvalue weighted by Gasteiger charge is 2.68. The van der Waals surface area contributed by atoms with Gasteiger partial charge in [0.1, 0.15) is 30.5 Å². The molecule has 19 nitrogen and oxygen atoms in total. The largest absolute Gasteiger partial charge is 0.459 e. The van der Waals surface area contributed by atoms with Gasteiger partial charge in [0.05, 0.1) is 121 Å². The van der Waals surface area contributed by atoms with Gasteiger partial charge in [-0.1, -0.05) is 49.6 Å². The van der Waals surface area contributed by atoms with Gasteiger partial charge >= 0.3 is 5.97 Å². The Morgan fingerprint density at radius 1 is 0.584 bits per heavy atom. The zero-order valence-electron chi connectivity index (χ0n) is 44.6. The summed E-state index contributed by atoms with van der Waals surface area (Å²) in [6, 6.07) is 0. The van der Waals surface area contributed by atoms with Gasteiger partial charge < -0.3 is 87.4 Å². The Kier molecular flexibility index (Phi) is 14.3. The Labute approximate surface area is 464 Å². The van der Waals surface area contributed by atoms with E-state index >= 15 is 0 Å². The third-order valence-electron chi connectivity index (χ3n) is 20.6. The van der Waals surface area contributed by atoms with E-state index in [4.69, 9.17) is 72.0 Å². The van der Waals surface area contributed by atoms with Gasteiger partial charge in [0, 0.05) is 57.8 Å². The first-order valence-corrected chi connectivity index (χ1v) is 30.8. The number of esters is 1. The Bertz CT molecular complexity index is 2260. The van der Waals surface area contributed by atoms with E-state index in [1.54, 1.807) is 0 Å². The summed E-state index contributed by atoms with van der Waals surface area (Å²) in [6.07, 6.45) is 2.69. The monoisotopic (exact) mass is 1200 g/mol. The van der Waals surface area contributed by atoms with Gasteiger partial charge in [-0.3, -0.25) is 4.79 Å². The Balaban J connectivity index is 0.682. The standard InChI is InChI=1S/C57H82INO18/c1-26-15-30-5-7-34-27(2)16-32(64-34)9-12-55-25-57(62,63)53(77-55)52-48(58)51(76-55)50-37(71-52)8-6-31(66-50)17-47(61)69-42-20-40-41(67-39(42)19-38(65-30)29(26)4)21-43-45(68-40)23-56(73-43)24-46-36(72-56)10-13-54(75-46)22-28(3)49-44(74-54)18-33(60)35(70-49)11-14-59/h26,28,30-46,48-53,60,62-63H,2,4-25,59H2,1,3H3/t26-,28+,30+,31-,32+,33-,34+,35-,36+,37+,38-,39+,40?,41+,42-,43-,44+,45?,46+,48+,49+,50+,51-,52-,53?,54+,55-,56-/m1/s1. The molecule has 14 saturated heterocycles. The van der Waals surface area contributed by atoms with Crippen molar-refractivity contribution in [2.24, 2.45) is 17.6 Å². The van der Waals surface area contributed by atoms with Crippen molar-refractivity contribution >= 4 is 28.6 Å². The molecule has 20 heteroatoms. The van der Waals surface area contributed by atoms with E-state index in [1.807, 2.05) is 0 Å². The van der Waals surface area contributed by atoms with Crippen LogP contribution >= 0.6 is 22.6 Å². The van der Waals surface area contributed by atoms with Crippen molar-refractivity contribution < 1.29 is 86.4 Å². The van der Waals surface area contributed by atoms with Crippen molar-refractivity contribution in [1.82, 2.24) is 0 Å². The predicted octanol–water partition coefficient (Wildman–Crippen LogP) is 4.76. The van der Waals surface area contributed by atoms with Gasteiger partial charge in [0.2, 0.25) is 0 Å². The summed E-state index contributed by atoms with van der Waals surface area (Å²) < 4.78 is 95.1. The number of ether oxygens (including phenoxy) is 14. The number of hydrogen-bond donors (Lipinski definition) is 4. The number of fused-ring (bicyclic) bond motifs is 13. The van der Waals surface area contributed by atoms with Crippen molar-refractivity contribution in [3.8, 4) is 0 Å². The minimum Gasteiger partial charge on any atom is -0.459 e. The van der Waals surface area contributed by atoms with Crippen LogP contribution in [0.5, 0.6) is 0 Å². The van der Waals surface area contributed by atoms with E-state index in [0.717, 1.165) is 36.8 Å². The average Bonchev–Trinajstić information content (AvgIpc) is 4.33. The number of hydrogen-bond acceptors (Lipinski definition) is 19. The molecular weight excluding hydrogens is 1110 g/mol. The lowest BCUT2D eigenvalue weighted by Gasteiger charge is -2.53. The highest BCUT2D eigenvalue weighted by molar-refractivity contribution is 14.1. The molecule has 0 aromatic rings. The SMILES string of the molecule is C=C1C[C@@H]2CC[C@]34CC(O)(O)C(O3)[C@@H]3O[C@H]5CC[C@H](CC(=O)O[C@@H]6CC7OC8C[C@]9(C[C@@H]%10O[C@@]%11(CC[C@@H]%10O9)C[C@H](C)[C@@H]9O[C@H](CCN)[C@H](O)C[C@@H]9O%11)O[C@@H]8C[C@@H]7O[C@H]6C[C@H]6O[C@@H](CC[C@@H]1O2)C[C@@H](C)C6=C)O[C@@H]5[C@H](O4)[C@@H]3I. The second kappa shape index (κ2) is 20.4. The Hall–Kier alpha value is -1.00. The second-order valence-electron chi connectivity index (χ2n) is 26.1. The quantitative estimate of drug-likeness (QED) is 0.0960. The highest BCUT2D eigenvalue weighted by atomic mass is 127. The highest BCUT2D eigenvalue weighted by Crippen LogP contribution is 2.56. The zero-order chi connectivity index (χ0) is 52.9. The summed E-state index contributed by atoms with van der Waals surface area (Å²) in [7, 11) is 0. The summed E-state index contributed by atoms with van der Waals surface area (Å²) in [5, 5.41) is 33.8. The first-order valence-electron chi connectivity index (χ1n) is 29.6. The van der Waals surface area contributed by atoms with Crippen LogP contribution in [-0.2, 0) is 71.1 Å². The normalized spacial score (nSPS) is 56.0. The molecule has 430 valence electrons. The molecule has 3 unspecified atom stereocenters. The number of alkyl halides is 1. The lowest BCUT2D eigenvalue weighted by molar-refractivity contribution is -0.364. The molecule has 3 spiro atoms. The topological polar surface area (TPSA) is 233 Å². The van der Waals surface area contributed by atoms with Crippen molar-refractivity contribution in [2.75, 3.05) is 6.54 Å². The third-order valence-corrected chi connectivity index (χ3v) is 22.0. The molecule has 14 aliphatic rings. The molecule has 0 radical (unpaired) electrons. The second-order valence-corrected chi connectivity index (χ2v) is 27.6. The average molecular weight is 1200 g/mol. The summed E-state index contributed by atoms with van der Waals surface area (Å²) in [5.74, 6) is -5.13. The van der Waals surface area contributed by atoms with E-state index in [1.165, 1.54) is 0 Å². The van der Waals surface area contributed by atoms with E-state index in [-0.39, 0.29) is 120 Å². The van der Waals surface area contributed by atoms with E-state index in [0.29, 0.717) is 96.4 Å². The minimum absolute atomic E-state index is 0.0280. The van der Waals surface area contributed by atoms with Crippen LogP contribution in [0.4, 0.5) is 0 Å². The maximum atomic E-state index is 14.4. The molecule has 0 aliphatic carbocycles. The fraction of sp³-hybridized carbons (Fsp3) is 0.912. The molecule has 10 bridgehead atoms. The van der Waals surface area contributed by atoms with Gasteiger partial charge in [-0.2, -0.15) is 0 Å². The summed E-state index contributed by atoms with van der Waals surface area (Å²) in [6.45, 7) is 13.9. The number of halogens is 1. The van der Waals surface area contributed by atoms with Crippen LogP contribution in [0.1, 0.15) is 142 Å². The molecule has 14 rings (SSSR count). The number of aliphatic hydroxyl groups is 3. The molecule has 14 aliphatic heterocycles. The van der Waals surface area contributed by atoms with Gasteiger partial charge in [0.15, 0.2) is 23.1 Å². The van der Waals surface area contributed by atoms with Gasteiger partial charge in [-0.05, 0) is 87.3 Å². The fourth-order valence-corrected chi connectivity index (χ4v) is 18.0. The Morgan fingerprint density at radius 2 is 1.30 bits per heavy atom. The lowest BCUT2D eigenvalue weighted by atomic mass is 9.80. The van der Waals surface area contributed by atoms with Crippen LogP contribution < -0.4 is 5.73 Å². The third kappa shape index (κ3) is 9.89. The Morgan fingerprint density at radius 3 is 2.14 bits per heavy atom. The van der Waals surface area contributed by atoms with Crippen molar-refractivity contribution in [3.63, 3.8) is 0 Å². The van der Waals surface area contributed by atoms with Crippen molar-refractivity contribution in [1.29, 1.82) is 0 Å². The molecule has 0 saturated carbocycles. The molecular formula is C57H82INO18. The summed E-state index contributed by atoms with van der Waals surface area (Å²) in [5.41, 5.74) is 7.90. The van der Waals surface area contributed by atoms with Crippen molar-refractivity contribution in [2.45, 2.75) is 304 Å². The first-order chi connectivity index (χ1) is 36.9. The number of rotatable bonds is 2. The molecule has 0 amide bonds. The smallest absolute Gasteiger partial charge is 0.308 e. The molecule has 14 heterocycles. The predicted molar refractivity (Wildman–Crippen MR) is 277 cm³/mol.